The van der Waals surface area contributed by atoms with Crippen LogP contribution in [0.15, 0.2) is 71.3 Å². The Kier molecular flexibility index (Phi) is 5.30. The van der Waals surface area contributed by atoms with Gasteiger partial charge in [0.2, 0.25) is 5.91 Å². The second-order valence-corrected chi connectivity index (χ2v) is 11.3. The number of hydrogen-bond acceptors (Lipinski definition) is 7. The minimum Gasteiger partial charge on any atom is -0.497 e. The predicted molar refractivity (Wildman–Crippen MR) is 142 cm³/mol. The molecule has 36 heavy (non-hydrogen) atoms. The van der Waals surface area contributed by atoms with Gasteiger partial charge < -0.3 is 14.1 Å². The number of likely N-dealkylation sites (N-methyl/N-ethyl adjacent to an activating group) is 2. The quantitative estimate of drug-likeness (QED) is 0.483. The molecule has 2 aromatic carbocycles. The Morgan fingerprint density at radius 3 is 2.56 bits per heavy atom. The number of benzene rings is 2. The minimum absolute atomic E-state index is 0.160. The number of hydrogen-bond donors (Lipinski definition) is 0. The zero-order valence-corrected chi connectivity index (χ0v) is 21.8. The van der Waals surface area contributed by atoms with Crippen molar-refractivity contribution in [1.82, 2.24) is 9.80 Å². The van der Waals surface area contributed by atoms with E-state index in [0.29, 0.717) is 28.9 Å². The van der Waals surface area contributed by atoms with Gasteiger partial charge in [0.05, 0.1) is 25.8 Å². The fraction of sp³-hybridized carbons (Fsp3) is 0.296. The summed E-state index contributed by atoms with van der Waals surface area (Å²) in [4.78, 5) is 34.4. The topological polar surface area (TPSA) is 66.2 Å². The van der Waals surface area contributed by atoms with Gasteiger partial charge in [0.1, 0.15) is 20.6 Å². The number of methoxy groups -OCH3 is 1. The number of nitrogens with zero attached hydrogens (tertiary/aromatic N) is 3. The summed E-state index contributed by atoms with van der Waals surface area (Å²) >= 11 is 7.17. The van der Waals surface area contributed by atoms with Crippen molar-refractivity contribution >= 4 is 45.8 Å². The van der Waals surface area contributed by atoms with Crippen LogP contribution in [0.1, 0.15) is 22.8 Å². The van der Waals surface area contributed by atoms with E-state index in [1.54, 1.807) is 30.2 Å². The summed E-state index contributed by atoms with van der Waals surface area (Å²) in [5.74, 6) is 0.552. The van der Waals surface area contributed by atoms with Gasteiger partial charge in [0.15, 0.2) is 5.54 Å². The molecular weight excluding hydrogens is 494 g/mol. The number of furan rings is 1. The number of ether oxygens (including phenoxy) is 1. The molecule has 2 fully saturated rings. The van der Waals surface area contributed by atoms with Crippen LogP contribution in [0.4, 0.5) is 5.69 Å². The first-order valence-electron chi connectivity index (χ1n) is 11.7. The predicted octanol–water partition coefficient (Wildman–Crippen LogP) is 3.99. The van der Waals surface area contributed by atoms with Crippen molar-refractivity contribution in [3.05, 3.63) is 83.8 Å². The summed E-state index contributed by atoms with van der Waals surface area (Å²) in [5.41, 5.74) is 1.18. The molecule has 2 amide bonds. The van der Waals surface area contributed by atoms with E-state index < -0.39 is 16.2 Å². The Bertz CT molecular complexity index is 1380. The molecule has 2 saturated heterocycles. The van der Waals surface area contributed by atoms with Crippen LogP contribution in [-0.2, 0) is 21.7 Å². The number of thioether (sulfide) groups is 1. The number of fused-ring (bicyclic) bond motifs is 3. The molecule has 3 aliphatic rings. The van der Waals surface area contributed by atoms with E-state index in [-0.39, 0.29) is 11.8 Å². The van der Waals surface area contributed by atoms with E-state index in [9.17, 15) is 9.59 Å². The minimum atomic E-state index is -1.29. The zero-order valence-electron chi connectivity index (χ0n) is 20.1. The maximum absolute atomic E-state index is 14.7. The van der Waals surface area contributed by atoms with Gasteiger partial charge in [-0.1, -0.05) is 54.3 Å². The molecule has 2 spiro atoms. The van der Waals surface area contributed by atoms with Crippen molar-refractivity contribution in [2.75, 3.05) is 32.6 Å². The van der Waals surface area contributed by atoms with Gasteiger partial charge in [-0.2, -0.15) is 0 Å². The van der Waals surface area contributed by atoms with Gasteiger partial charge >= 0.3 is 0 Å². The highest BCUT2D eigenvalue weighted by Crippen LogP contribution is 2.67. The van der Waals surface area contributed by atoms with Crippen molar-refractivity contribution in [2.45, 2.75) is 22.7 Å². The lowest BCUT2D eigenvalue weighted by Crippen LogP contribution is -2.62. The molecule has 4 heterocycles. The van der Waals surface area contributed by atoms with E-state index in [1.807, 2.05) is 72.6 Å². The molecule has 3 atom stereocenters. The third-order valence-electron chi connectivity index (χ3n) is 7.73. The smallest absolute Gasteiger partial charge is 0.254 e. The number of anilines is 1. The molecule has 7 nitrogen and oxygen atoms in total. The van der Waals surface area contributed by atoms with Crippen LogP contribution >= 0.6 is 24.0 Å². The second kappa shape index (κ2) is 8.19. The number of amides is 2. The van der Waals surface area contributed by atoms with Gasteiger partial charge in [-0.15, -0.1) is 0 Å². The summed E-state index contributed by atoms with van der Waals surface area (Å²) in [5, 5.41) is 0. The standard InChI is InChI=1S/C27H25N3O4S2/c1-28-16-20(22-10-7-13-34-22)27(24(32)30(25(35)36-27)15-17-8-5-4-6-9-17)26(28)19-14-18(33-3)11-12-21(19)29(2)23(26)31/h4-14,20H,15-16H2,1-3H3. The third kappa shape index (κ3) is 2.82. The van der Waals surface area contributed by atoms with E-state index in [4.69, 9.17) is 21.4 Å². The monoisotopic (exact) mass is 519 g/mol. The van der Waals surface area contributed by atoms with E-state index in [1.165, 1.54) is 11.8 Å². The molecule has 6 rings (SSSR count). The number of thiocarbonyl (C=S) groups is 1. The number of carbonyl (C=O) groups is 2. The van der Waals surface area contributed by atoms with Crippen LogP contribution in [0, 0.1) is 0 Å². The van der Waals surface area contributed by atoms with Crippen molar-refractivity contribution in [2.24, 2.45) is 0 Å². The lowest BCUT2D eigenvalue weighted by Gasteiger charge is -2.41. The molecule has 0 saturated carbocycles. The summed E-state index contributed by atoms with van der Waals surface area (Å²) in [7, 11) is 5.26. The Labute approximate surface area is 219 Å². The fourth-order valence-electron chi connectivity index (χ4n) is 6.15. The van der Waals surface area contributed by atoms with Gasteiger partial charge in [-0.05, 0) is 42.9 Å². The molecule has 184 valence electrons. The Balaban J connectivity index is 1.60. The molecule has 0 aliphatic carbocycles. The molecule has 1 aromatic heterocycles. The highest BCUT2D eigenvalue weighted by molar-refractivity contribution is 8.25. The largest absolute Gasteiger partial charge is 0.497 e. The maximum Gasteiger partial charge on any atom is 0.254 e. The summed E-state index contributed by atoms with van der Waals surface area (Å²) in [6.45, 7) is 0.789. The van der Waals surface area contributed by atoms with Gasteiger partial charge in [-0.25, -0.2) is 0 Å². The summed E-state index contributed by atoms with van der Waals surface area (Å²) < 4.78 is 10.6. The second-order valence-electron chi connectivity index (χ2n) is 9.39. The molecular formula is C27H25N3O4S2. The lowest BCUT2D eigenvalue weighted by molar-refractivity contribution is -0.139. The lowest BCUT2D eigenvalue weighted by atomic mass is 9.73. The molecule has 3 aromatic rings. The summed E-state index contributed by atoms with van der Waals surface area (Å²) in [6, 6.07) is 19.1. The molecule has 3 unspecified atom stereocenters. The van der Waals surface area contributed by atoms with Crippen LogP contribution in [-0.4, -0.2) is 58.4 Å². The average Bonchev–Trinajstić information content (AvgIpc) is 3.61. The fourth-order valence-corrected chi connectivity index (χ4v) is 8.25. The van der Waals surface area contributed by atoms with Crippen LogP contribution in [0.25, 0.3) is 0 Å². The van der Waals surface area contributed by atoms with Gasteiger partial charge in [0.25, 0.3) is 5.91 Å². The van der Waals surface area contributed by atoms with E-state index in [2.05, 4.69) is 0 Å². The zero-order chi connectivity index (χ0) is 25.2. The Morgan fingerprint density at radius 1 is 1.08 bits per heavy atom. The van der Waals surface area contributed by atoms with Crippen LogP contribution in [0.2, 0.25) is 0 Å². The van der Waals surface area contributed by atoms with Crippen LogP contribution in [0.3, 0.4) is 0 Å². The normalized spacial score (nSPS) is 27.6. The molecule has 0 bridgehead atoms. The Morgan fingerprint density at radius 2 is 1.86 bits per heavy atom. The van der Waals surface area contributed by atoms with Crippen molar-refractivity contribution in [3.8, 4) is 5.75 Å². The van der Waals surface area contributed by atoms with Gasteiger partial charge in [0, 0.05) is 24.8 Å². The molecule has 0 N–H and O–H groups in total. The van der Waals surface area contributed by atoms with Gasteiger partial charge in [-0.3, -0.25) is 19.4 Å². The number of likely N-dealkylation sites (tertiary alicyclic amines) is 1. The first-order chi connectivity index (χ1) is 17.4. The first kappa shape index (κ1) is 23.3. The number of rotatable bonds is 4. The van der Waals surface area contributed by atoms with Crippen molar-refractivity contribution in [3.63, 3.8) is 0 Å². The van der Waals surface area contributed by atoms with E-state index >= 15 is 0 Å². The van der Waals surface area contributed by atoms with Crippen LogP contribution in [0.5, 0.6) is 5.75 Å². The Hall–Kier alpha value is -3.14. The molecule has 3 aliphatic heterocycles. The van der Waals surface area contributed by atoms with E-state index in [0.717, 1.165) is 16.8 Å². The van der Waals surface area contributed by atoms with Crippen LogP contribution < -0.4 is 9.64 Å². The summed E-state index contributed by atoms with van der Waals surface area (Å²) in [6.07, 6.45) is 1.61. The molecule has 9 heteroatoms. The highest BCUT2D eigenvalue weighted by atomic mass is 32.2. The third-order valence-corrected chi connectivity index (χ3v) is 9.67. The number of carbonyl (C=O) groups excluding carboxylic acids is 2. The maximum atomic E-state index is 14.7. The highest BCUT2D eigenvalue weighted by Gasteiger charge is 2.79. The van der Waals surface area contributed by atoms with Crippen molar-refractivity contribution < 1.29 is 18.7 Å². The molecule has 0 radical (unpaired) electrons. The average molecular weight is 520 g/mol. The van der Waals surface area contributed by atoms with Crippen molar-refractivity contribution in [1.29, 1.82) is 0 Å². The SMILES string of the molecule is COc1ccc2c(c1)C1(C(=O)N2C)N(C)CC(c2ccco2)C12SC(=S)N(Cc1ccccc1)C2=O. The first-order valence-corrected chi connectivity index (χ1v) is 12.9.